The monoisotopic (exact) mass is 746 g/mol. The minimum Gasteiger partial charge on any atom is -0.454 e. The molecule has 3 aliphatic carbocycles. The molecule has 2 atom stereocenters. The van der Waals surface area contributed by atoms with Crippen LogP contribution in [0.5, 0.6) is 0 Å². The van der Waals surface area contributed by atoms with Gasteiger partial charge in [-0.3, -0.25) is 0 Å². The highest BCUT2D eigenvalue weighted by Gasteiger charge is 2.32. The SMILES string of the molecule is C1=CC2=c3c(oc4ccccc34)=C(c3ccc(C4=NC(c5ccc(C6c7ccccc7-c7ccccc76)c6ccccc56)N=C(C5=CCCC=C5)N4)cc3)NC2C=C1. The van der Waals surface area contributed by atoms with Gasteiger partial charge in [0, 0.05) is 38.8 Å². The largest absolute Gasteiger partial charge is 0.454 e. The van der Waals surface area contributed by atoms with Crippen molar-refractivity contribution in [2.75, 3.05) is 0 Å². The van der Waals surface area contributed by atoms with E-state index >= 15 is 0 Å². The molecule has 58 heavy (non-hydrogen) atoms. The number of benzene rings is 6. The molecule has 5 aliphatic rings. The summed E-state index contributed by atoms with van der Waals surface area (Å²) in [4.78, 5) is 10.7. The van der Waals surface area contributed by atoms with Crippen molar-refractivity contribution in [2.45, 2.75) is 31.0 Å². The lowest BCUT2D eigenvalue weighted by Crippen LogP contribution is -2.44. The van der Waals surface area contributed by atoms with Crippen molar-refractivity contribution >= 4 is 44.7 Å². The van der Waals surface area contributed by atoms with Crippen LogP contribution in [0.3, 0.4) is 0 Å². The lowest BCUT2D eigenvalue weighted by Gasteiger charge is -2.26. The molecule has 7 aromatic rings. The van der Waals surface area contributed by atoms with Gasteiger partial charge in [0.25, 0.3) is 0 Å². The molecular weight excluding hydrogens is 709 g/mol. The summed E-state index contributed by atoms with van der Waals surface area (Å²) >= 11 is 0. The van der Waals surface area contributed by atoms with Crippen LogP contribution in [0, 0.1) is 0 Å². The fourth-order valence-corrected chi connectivity index (χ4v) is 9.63. The minimum atomic E-state index is -0.433. The molecule has 6 aromatic carbocycles. The molecule has 12 rings (SSSR count). The number of amidine groups is 2. The number of furan rings is 1. The Kier molecular flexibility index (Phi) is 7.49. The van der Waals surface area contributed by atoms with E-state index in [1.807, 2.05) is 6.07 Å². The molecule has 0 bridgehead atoms. The van der Waals surface area contributed by atoms with Crippen molar-refractivity contribution in [2.24, 2.45) is 9.98 Å². The van der Waals surface area contributed by atoms with E-state index in [0.29, 0.717) is 0 Å². The predicted octanol–water partition coefficient (Wildman–Crippen LogP) is 9.88. The second kappa shape index (κ2) is 13.2. The zero-order valence-corrected chi connectivity index (χ0v) is 31.7. The molecule has 5 nitrogen and oxygen atoms in total. The highest BCUT2D eigenvalue weighted by atomic mass is 16.3. The Morgan fingerprint density at radius 1 is 0.569 bits per heavy atom. The van der Waals surface area contributed by atoms with Crippen LogP contribution in [-0.2, 0) is 0 Å². The maximum absolute atomic E-state index is 6.57. The molecule has 2 N–H and O–H groups in total. The van der Waals surface area contributed by atoms with Crippen molar-refractivity contribution in [3.63, 3.8) is 0 Å². The normalized spacial score (nSPS) is 19.1. The van der Waals surface area contributed by atoms with Gasteiger partial charge in [0.15, 0.2) is 11.6 Å². The summed E-state index contributed by atoms with van der Waals surface area (Å²) in [6.45, 7) is 0. The average molecular weight is 747 g/mol. The quantitative estimate of drug-likeness (QED) is 0.184. The summed E-state index contributed by atoms with van der Waals surface area (Å²) in [7, 11) is 0. The second-order valence-corrected chi connectivity index (χ2v) is 15.6. The van der Waals surface area contributed by atoms with Gasteiger partial charge < -0.3 is 15.1 Å². The van der Waals surface area contributed by atoms with E-state index in [4.69, 9.17) is 14.4 Å². The molecule has 5 heteroatoms. The molecule has 276 valence electrons. The third-order valence-electron chi connectivity index (χ3n) is 12.3. The summed E-state index contributed by atoms with van der Waals surface area (Å²) in [6.07, 6.45) is 16.9. The lowest BCUT2D eigenvalue weighted by molar-refractivity contribution is 0.562. The van der Waals surface area contributed by atoms with Crippen LogP contribution in [0.2, 0.25) is 0 Å². The van der Waals surface area contributed by atoms with Crippen molar-refractivity contribution in [1.29, 1.82) is 0 Å². The second-order valence-electron chi connectivity index (χ2n) is 15.6. The first-order valence-electron chi connectivity index (χ1n) is 20.2. The smallest absolute Gasteiger partial charge is 0.170 e. The first-order chi connectivity index (χ1) is 28.8. The Morgan fingerprint density at radius 2 is 1.24 bits per heavy atom. The summed E-state index contributed by atoms with van der Waals surface area (Å²) in [5.74, 6) is 1.79. The highest BCUT2D eigenvalue weighted by Crippen LogP contribution is 2.50. The molecule has 0 spiro atoms. The van der Waals surface area contributed by atoms with E-state index in [2.05, 4.69) is 181 Å². The topological polar surface area (TPSA) is 61.9 Å². The van der Waals surface area contributed by atoms with Gasteiger partial charge in [0.1, 0.15) is 17.3 Å². The molecule has 2 aliphatic heterocycles. The first kappa shape index (κ1) is 33.0. The van der Waals surface area contributed by atoms with Crippen LogP contribution in [0.15, 0.2) is 196 Å². The molecule has 3 heterocycles. The summed E-state index contributed by atoms with van der Waals surface area (Å²) in [5.41, 5.74) is 14.9. The average Bonchev–Trinajstić information content (AvgIpc) is 3.85. The van der Waals surface area contributed by atoms with Gasteiger partial charge in [0.2, 0.25) is 0 Å². The Morgan fingerprint density at radius 3 is 2.02 bits per heavy atom. The van der Waals surface area contributed by atoms with Gasteiger partial charge in [-0.05, 0) is 63.1 Å². The molecule has 2 unspecified atom stereocenters. The van der Waals surface area contributed by atoms with Crippen molar-refractivity contribution in [1.82, 2.24) is 10.6 Å². The van der Waals surface area contributed by atoms with Crippen LogP contribution in [0.25, 0.3) is 44.1 Å². The van der Waals surface area contributed by atoms with Crippen molar-refractivity contribution in [3.05, 3.63) is 226 Å². The molecule has 1 aromatic heterocycles. The van der Waals surface area contributed by atoms with Crippen molar-refractivity contribution in [3.8, 4) is 11.1 Å². The maximum atomic E-state index is 6.57. The van der Waals surface area contributed by atoms with Crippen LogP contribution in [-0.4, -0.2) is 17.7 Å². The van der Waals surface area contributed by atoms with E-state index in [0.717, 1.165) is 74.1 Å². The molecule has 0 amide bonds. The van der Waals surface area contributed by atoms with Gasteiger partial charge in [-0.25, -0.2) is 9.98 Å². The number of allylic oxidation sites excluding steroid dienone is 4. The lowest BCUT2D eigenvalue weighted by atomic mass is 9.85. The molecule has 0 fully saturated rings. The molecular formula is C53H38N4O. The van der Waals surface area contributed by atoms with E-state index in [-0.39, 0.29) is 12.0 Å². The predicted molar refractivity (Wildman–Crippen MR) is 236 cm³/mol. The van der Waals surface area contributed by atoms with E-state index in [1.165, 1.54) is 44.2 Å². The number of fused-ring (bicyclic) bond motifs is 8. The fourth-order valence-electron chi connectivity index (χ4n) is 9.63. The van der Waals surface area contributed by atoms with Crippen LogP contribution in [0.1, 0.15) is 58.3 Å². The Bertz CT molecular complexity index is 3140. The minimum absolute atomic E-state index is 0.0632. The number of para-hydroxylation sites is 1. The Labute approximate surface area is 336 Å². The van der Waals surface area contributed by atoms with Crippen molar-refractivity contribution < 1.29 is 4.42 Å². The van der Waals surface area contributed by atoms with Gasteiger partial charge >= 0.3 is 0 Å². The molecule has 0 saturated heterocycles. The Balaban J connectivity index is 0.971. The standard InChI is InChI=1S/C53H38N4O/c1-2-14-33(15-3-1)51-55-52(34-28-26-32(27-29-34)49-50-48(43-22-10-12-24-45(43)54-49)44-23-11-13-25-46(44)58-50)57-53(56-51)42-31-30-41(37-18-4-5-19-38(37)42)47-39-20-8-6-16-35(39)36-17-7-9-21-40(36)47/h2,4-31,45,47,53-54H,1,3H2,(H,55,56,57). The zero-order chi connectivity index (χ0) is 38.2. The third kappa shape index (κ3) is 5.16. The maximum Gasteiger partial charge on any atom is 0.170 e. The van der Waals surface area contributed by atoms with Gasteiger partial charge in [-0.2, -0.15) is 0 Å². The van der Waals surface area contributed by atoms with Gasteiger partial charge in [-0.15, -0.1) is 0 Å². The summed E-state index contributed by atoms with van der Waals surface area (Å²) < 4.78 is 6.57. The summed E-state index contributed by atoms with van der Waals surface area (Å²) in [5, 5.41) is 12.1. The third-order valence-corrected chi connectivity index (χ3v) is 12.3. The zero-order valence-electron chi connectivity index (χ0n) is 31.7. The van der Waals surface area contributed by atoms with E-state index in [1.54, 1.807) is 0 Å². The number of aliphatic imine (C=N–C) groups is 2. The van der Waals surface area contributed by atoms with Crippen LogP contribution >= 0.6 is 0 Å². The van der Waals surface area contributed by atoms with Crippen LogP contribution < -0.4 is 21.3 Å². The van der Waals surface area contributed by atoms with E-state index < -0.39 is 6.17 Å². The van der Waals surface area contributed by atoms with Gasteiger partial charge in [-0.1, -0.05) is 170 Å². The molecule has 0 saturated carbocycles. The van der Waals surface area contributed by atoms with Gasteiger partial charge in [0.05, 0.1) is 11.7 Å². The number of rotatable bonds is 5. The first-order valence-corrected chi connectivity index (χ1v) is 20.2. The fraction of sp³-hybridized carbons (Fsp3) is 0.0943. The molecule has 0 radical (unpaired) electrons. The number of nitrogens with zero attached hydrogens (tertiary/aromatic N) is 2. The highest BCUT2D eigenvalue weighted by molar-refractivity contribution is 6.17. The van der Waals surface area contributed by atoms with Crippen LogP contribution in [0.4, 0.5) is 0 Å². The number of hydrogen-bond donors (Lipinski definition) is 2. The van der Waals surface area contributed by atoms with E-state index in [9.17, 15) is 0 Å². The number of nitrogens with one attached hydrogen (secondary N) is 2. The Hall–Kier alpha value is -7.24. The number of hydrogen-bond acceptors (Lipinski definition) is 5. The summed E-state index contributed by atoms with van der Waals surface area (Å²) in [6, 6.07) is 48.2.